The molecule has 3 nitrogen and oxygen atoms in total. The molecule has 0 bridgehead atoms. The second-order valence-electron chi connectivity index (χ2n) is 4.51. The molecular formula is C13H16BrNO2. The number of halogens is 1. The molecule has 1 heterocycles. The predicted octanol–water partition coefficient (Wildman–Crippen LogP) is 2.58. The molecule has 1 saturated heterocycles. The van der Waals surface area contributed by atoms with Gasteiger partial charge >= 0.3 is 5.97 Å². The van der Waals surface area contributed by atoms with Crippen molar-refractivity contribution in [3.8, 4) is 0 Å². The van der Waals surface area contributed by atoms with Crippen molar-refractivity contribution in [2.24, 2.45) is 0 Å². The van der Waals surface area contributed by atoms with Gasteiger partial charge < -0.3 is 4.74 Å². The van der Waals surface area contributed by atoms with Crippen molar-refractivity contribution in [1.29, 1.82) is 0 Å². The third-order valence-electron chi connectivity index (χ3n) is 3.05. The summed E-state index contributed by atoms with van der Waals surface area (Å²) in [7, 11) is 1.96. The number of benzene rings is 1. The molecule has 17 heavy (non-hydrogen) atoms. The highest BCUT2D eigenvalue weighted by Gasteiger charge is 2.34. The van der Waals surface area contributed by atoms with Crippen molar-refractivity contribution >= 4 is 21.9 Å². The number of ether oxygens (including phenoxy) is 1. The van der Waals surface area contributed by atoms with Crippen LogP contribution >= 0.6 is 15.9 Å². The highest BCUT2D eigenvalue weighted by molar-refractivity contribution is 9.10. The molecule has 0 N–H and O–H groups in total. The van der Waals surface area contributed by atoms with E-state index in [9.17, 15) is 4.79 Å². The first-order valence-electron chi connectivity index (χ1n) is 5.72. The molecule has 1 aliphatic heterocycles. The Morgan fingerprint density at radius 3 is 2.76 bits per heavy atom. The van der Waals surface area contributed by atoms with Crippen molar-refractivity contribution in [1.82, 2.24) is 4.90 Å². The van der Waals surface area contributed by atoms with Crippen molar-refractivity contribution in [3.05, 3.63) is 34.3 Å². The van der Waals surface area contributed by atoms with Crippen LogP contribution in [0.4, 0.5) is 0 Å². The Morgan fingerprint density at radius 1 is 1.47 bits per heavy atom. The summed E-state index contributed by atoms with van der Waals surface area (Å²) in [6, 6.07) is 7.95. The van der Waals surface area contributed by atoms with Gasteiger partial charge in [-0.2, -0.15) is 0 Å². The topological polar surface area (TPSA) is 29.5 Å². The van der Waals surface area contributed by atoms with Crippen molar-refractivity contribution in [2.45, 2.75) is 32.0 Å². The van der Waals surface area contributed by atoms with Crippen LogP contribution in [-0.4, -0.2) is 30.1 Å². The fourth-order valence-electron chi connectivity index (χ4n) is 2.10. The van der Waals surface area contributed by atoms with Crippen LogP contribution in [0.1, 0.15) is 18.9 Å². The van der Waals surface area contributed by atoms with Crippen molar-refractivity contribution in [3.63, 3.8) is 0 Å². The number of nitrogens with zero attached hydrogens (tertiary/aromatic N) is 1. The second kappa shape index (κ2) is 5.19. The average Bonchev–Trinajstić information content (AvgIpc) is 2.61. The number of carbonyl (C=O) groups is 1. The summed E-state index contributed by atoms with van der Waals surface area (Å²) < 4.78 is 6.25. The molecule has 0 radical (unpaired) electrons. The van der Waals surface area contributed by atoms with E-state index in [-0.39, 0.29) is 18.1 Å². The van der Waals surface area contributed by atoms with E-state index in [1.165, 1.54) is 5.56 Å². The average molecular weight is 298 g/mol. The highest BCUT2D eigenvalue weighted by Crippen LogP contribution is 2.23. The van der Waals surface area contributed by atoms with E-state index in [2.05, 4.69) is 22.0 Å². The maximum absolute atomic E-state index is 11.6. The highest BCUT2D eigenvalue weighted by atomic mass is 79.9. The standard InChI is InChI=1S/C13H16BrNO2/c1-9-7-12(13(16)17-9)15(2)8-10-5-3-4-6-11(10)14/h3-6,9,12H,7-8H2,1-2H3/t9-,12-/m1/s1. The lowest BCUT2D eigenvalue weighted by Crippen LogP contribution is -2.34. The minimum Gasteiger partial charge on any atom is -0.461 e. The quantitative estimate of drug-likeness (QED) is 0.803. The summed E-state index contributed by atoms with van der Waals surface area (Å²) in [5, 5.41) is 0. The summed E-state index contributed by atoms with van der Waals surface area (Å²) in [6.07, 6.45) is 0.814. The number of hydrogen-bond donors (Lipinski definition) is 0. The van der Waals surface area contributed by atoms with E-state index >= 15 is 0 Å². The summed E-state index contributed by atoms with van der Waals surface area (Å²) >= 11 is 3.52. The van der Waals surface area contributed by atoms with Crippen LogP contribution in [0.25, 0.3) is 0 Å². The van der Waals surface area contributed by atoms with E-state index in [1.54, 1.807) is 0 Å². The lowest BCUT2D eigenvalue weighted by atomic mass is 10.1. The maximum atomic E-state index is 11.6. The van der Waals surface area contributed by atoms with Crippen LogP contribution < -0.4 is 0 Å². The molecule has 1 aromatic carbocycles. The summed E-state index contributed by atoms with van der Waals surface area (Å²) in [5.41, 5.74) is 1.18. The largest absolute Gasteiger partial charge is 0.461 e. The summed E-state index contributed by atoms with van der Waals surface area (Å²) in [4.78, 5) is 13.7. The first kappa shape index (κ1) is 12.6. The van der Waals surface area contributed by atoms with Crippen molar-refractivity contribution in [2.75, 3.05) is 7.05 Å². The number of hydrogen-bond acceptors (Lipinski definition) is 3. The zero-order chi connectivity index (χ0) is 12.4. The van der Waals surface area contributed by atoms with E-state index in [0.29, 0.717) is 0 Å². The first-order valence-corrected chi connectivity index (χ1v) is 6.51. The van der Waals surface area contributed by atoms with Crippen LogP contribution in [-0.2, 0) is 16.1 Å². The summed E-state index contributed by atoms with van der Waals surface area (Å²) in [5.74, 6) is -0.105. The molecule has 1 fully saturated rings. The van der Waals surface area contributed by atoms with Gasteiger partial charge in [0.1, 0.15) is 12.1 Å². The molecule has 1 aromatic rings. The van der Waals surface area contributed by atoms with E-state index in [1.807, 2.05) is 37.1 Å². The Bertz CT molecular complexity index is 422. The smallest absolute Gasteiger partial charge is 0.323 e. The Morgan fingerprint density at radius 2 is 2.18 bits per heavy atom. The van der Waals surface area contributed by atoms with Crippen LogP contribution in [0, 0.1) is 0 Å². The Balaban J connectivity index is 2.05. The first-order chi connectivity index (χ1) is 8.08. The monoisotopic (exact) mass is 297 g/mol. The van der Waals surface area contributed by atoms with Gasteiger partial charge in [-0.05, 0) is 25.6 Å². The lowest BCUT2D eigenvalue weighted by molar-refractivity contribution is -0.144. The van der Waals surface area contributed by atoms with E-state index < -0.39 is 0 Å². The minimum atomic E-state index is -0.114. The molecule has 2 rings (SSSR count). The van der Waals surface area contributed by atoms with Gasteiger partial charge in [-0.3, -0.25) is 9.69 Å². The zero-order valence-electron chi connectivity index (χ0n) is 10.0. The SMILES string of the molecule is C[C@@H]1C[C@@H](N(C)Cc2ccccc2Br)C(=O)O1. The molecule has 0 amide bonds. The molecule has 2 atom stereocenters. The normalized spacial score (nSPS) is 24.1. The number of esters is 1. The molecular weight excluding hydrogens is 282 g/mol. The number of likely N-dealkylation sites (N-methyl/N-ethyl adjacent to an activating group) is 1. The number of carbonyl (C=O) groups excluding carboxylic acids is 1. The van der Waals surface area contributed by atoms with Crippen LogP contribution in [0.5, 0.6) is 0 Å². The fraction of sp³-hybridized carbons (Fsp3) is 0.462. The minimum absolute atomic E-state index is 0.0363. The van der Waals surface area contributed by atoms with Gasteiger partial charge in [0.25, 0.3) is 0 Å². The molecule has 0 spiro atoms. The Hall–Kier alpha value is -0.870. The molecule has 4 heteroatoms. The molecule has 92 valence electrons. The van der Waals surface area contributed by atoms with Crippen LogP contribution in [0.2, 0.25) is 0 Å². The predicted molar refractivity (Wildman–Crippen MR) is 69.6 cm³/mol. The third-order valence-corrected chi connectivity index (χ3v) is 3.83. The molecule has 0 aliphatic carbocycles. The van der Waals surface area contributed by atoms with Gasteiger partial charge in [0.2, 0.25) is 0 Å². The Labute approximate surface area is 110 Å². The van der Waals surface area contributed by atoms with Crippen LogP contribution in [0.3, 0.4) is 0 Å². The van der Waals surface area contributed by atoms with Gasteiger partial charge in [-0.1, -0.05) is 34.1 Å². The van der Waals surface area contributed by atoms with E-state index in [4.69, 9.17) is 4.74 Å². The molecule has 1 aliphatic rings. The van der Waals surface area contributed by atoms with Gasteiger partial charge in [0.05, 0.1) is 0 Å². The molecule has 0 aromatic heterocycles. The lowest BCUT2D eigenvalue weighted by Gasteiger charge is -2.21. The number of cyclic esters (lactones) is 1. The van der Waals surface area contributed by atoms with Gasteiger partial charge in [0, 0.05) is 17.4 Å². The molecule has 0 unspecified atom stereocenters. The third kappa shape index (κ3) is 2.87. The van der Waals surface area contributed by atoms with Gasteiger partial charge in [-0.15, -0.1) is 0 Å². The Kier molecular flexibility index (Phi) is 3.84. The van der Waals surface area contributed by atoms with Gasteiger partial charge in [0.15, 0.2) is 0 Å². The maximum Gasteiger partial charge on any atom is 0.323 e. The molecule has 0 saturated carbocycles. The van der Waals surface area contributed by atoms with E-state index in [0.717, 1.165) is 17.4 Å². The fourth-order valence-corrected chi connectivity index (χ4v) is 2.51. The zero-order valence-corrected chi connectivity index (χ0v) is 11.6. The van der Waals surface area contributed by atoms with Gasteiger partial charge in [-0.25, -0.2) is 0 Å². The summed E-state index contributed by atoms with van der Waals surface area (Å²) in [6.45, 7) is 2.68. The van der Waals surface area contributed by atoms with Crippen LogP contribution in [0.15, 0.2) is 28.7 Å². The second-order valence-corrected chi connectivity index (χ2v) is 5.36. The van der Waals surface area contributed by atoms with Crippen molar-refractivity contribution < 1.29 is 9.53 Å². The number of rotatable bonds is 3.